The van der Waals surface area contributed by atoms with Gasteiger partial charge in [-0.05, 0) is 12.1 Å². The maximum atomic E-state index is 12.2. The third kappa shape index (κ3) is 3.85. The monoisotopic (exact) mass is 385 g/mol. The number of nitrogens with one attached hydrogen (secondary N) is 2. The number of benzene rings is 1. The highest BCUT2D eigenvalue weighted by Crippen LogP contribution is 2.19. The number of aromatic nitrogens is 4. The SMILES string of the molecule is O=S(=O)(Nc1cnc(N2CCN(c3ccccc3)CC2)nc1)c1cnc[nH]1. The normalized spacial score (nSPS) is 15.0. The van der Waals surface area contributed by atoms with Gasteiger partial charge in [0.15, 0.2) is 5.03 Å². The van der Waals surface area contributed by atoms with Crippen LogP contribution in [-0.4, -0.2) is 54.5 Å². The van der Waals surface area contributed by atoms with Crippen molar-refractivity contribution < 1.29 is 8.42 Å². The zero-order chi connectivity index (χ0) is 18.7. The van der Waals surface area contributed by atoms with Crippen molar-refractivity contribution in [1.29, 1.82) is 0 Å². The Bertz CT molecular complexity index is 968. The number of hydrogen-bond acceptors (Lipinski definition) is 7. The van der Waals surface area contributed by atoms with Gasteiger partial charge in [0.25, 0.3) is 10.0 Å². The Morgan fingerprint density at radius 2 is 1.59 bits per heavy atom. The van der Waals surface area contributed by atoms with E-state index in [1.807, 2.05) is 18.2 Å². The Hall–Kier alpha value is -3.14. The second-order valence-corrected chi connectivity index (χ2v) is 7.75. The van der Waals surface area contributed by atoms with E-state index >= 15 is 0 Å². The molecular weight excluding hydrogens is 366 g/mol. The predicted molar refractivity (Wildman–Crippen MR) is 102 cm³/mol. The fourth-order valence-electron chi connectivity index (χ4n) is 2.94. The largest absolute Gasteiger partial charge is 0.368 e. The van der Waals surface area contributed by atoms with Crippen LogP contribution in [0.4, 0.5) is 17.3 Å². The van der Waals surface area contributed by atoms with Crippen LogP contribution in [0.5, 0.6) is 0 Å². The van der Waals surface area contributed by atoms with E-state index in [2.05, 4.69) is 46.6 Å². The Balaban J connectivity index is 1.39. The maximum absolute atomic E-state index is 12.2. The van der Waals surface area contributed by atoms with Crippen LogP contribution in [0.25, 0.3) is 0 Å². The summed E-state index contributed by atoms with van der Waals surface area (Å²) >= 11 is 0. The first-order chi connectivity index (χ1) is 13.1. The minimum atomic E-state index is -3.71. The molecule has 1 aliphatic heterocycles. The number of piperazine rings is 1. The molecular formula is C17H19N7O2S. The fraction of sp³-hybridized carbons (Fsp3) is 0.235. The minimum absolute atomic E-state index is 0.0105. The first-order valence-corrected chi connectivity index (χ1v) is 9.98. The highest BCUT2D eigenvalue weighted by Gasteiger charge is 2.20. The molecule has 3 aromatic rings. The average molecular weight is 385 g/mol. The molecule has 27 heavy (non-hydrogen) atoms. The van der Waals surface area contributed by atoms with Crippen molar-refractivity contribution in [2.45, 2.75) is 5.03 Å². The van der Waals surface area contributed by atoms with Crippen LogP contribution in [0.2, 0.25) is 0 Å². The fourth-order valence-corrected chi connectivity index (χ4v) is 3.87. The summed E-state index contributed by atoms with van der Waals surface area (Å²) in [5, 5.41) is -0.0105. The lowest BCUT2D eigenvalue weighted by atomic mass is 10.2. The van der Waals surface area contributed by atoms with Gasteiger partial charge in [-0.15, -0.1) is 0 Å². The van der Waals surface area contributed by atoms with E-state index in [9.17, 15) is 8.42 Å². The van der Waals surface area contributed by atoms with Gasteiger partial charge in [0.1, 0.15) is 0 Å². The number of sulfonamides is 1. The number of imidazole rings is 1. The summed E-state index contributed by atoms with van der Waals surface area (Å²) in [6.07, 6.45) is 5.49. The highest BCUT2D eigenvalue weighted by molar-refractivity contribution is 7.92. The van der Waals surface area contributed by atoms with E-state index in [-0.39, 0.29) is 5.03 Å². The average Bonchev–Trinajstić information content (AvgIpc) is 3.25. The molecule has 3 heterocycles. The Labute approximate surface area is 157 Å². The van der Waals surface area contributed by atoms with E-state index in [1.54, 1.807) is 0 Å². The molecule has 1 aliphatic rings. The minimum Gasteiger partial charge on any atom is -0.368 e. The molecule has 1 saturated heterocycles. The van der Waals surface area contributed by atoms with Crippen LogP contribution < -0.4 is 14.5 Å². The Morgan fingerprint density at radius 1 is 0.926 bits per heavy atom. The lowest BCUT2D eigenvalue weighted by Gasteiger charge is -2.36. The lowest BCUT2D eigenvalue weighted by molar-refractivity contribution is 0.598. The standard InChI is InChI=1S/C17H19N7O2S/c25-27(26,16-12-18-13-21-16)22-14-10-19-17(20-11-14)24-8-6-23(7-9-24)15-4-2-1-3-5-15/h1-5,10-13,22H,6-9H2,(H,18,21). The maximum Gasteiger partial charge on any atom is 0.279 e. The van der Waals surface area contributed by atoms with Crippen molar-refractivity contribution in [2.75, 3.05) is 40.7 Å². The Morgan fingerprint density at radius 3 is 2.22 bits per heavy atom. The molecule has 0 atom stereocenters. The third-order valence-corrected chi connectivity index (χ3v) is 5.64. The van der Waals surface area contributed by atoms with E-state index in [0.717, 1.165) is 26.2 Å². The van der Waals surface area contributed by atoms with Gasteiger partial charge in [-0.25, -0.2) is 15.0 Å². The number of hydrogen-bond donors (Lipinski definition) is 2. The number of para-hydroxylation sites is 1. The molecule has 4 rings (SSSR count). The van der Waals surface area contributed by atoms with E-state index in [4.69, 9.17) is 0 Å². The highest BCUT2D eigenvalue weighted by atomic mass is 32.2. The quantitative estimate of drug-likeness (QED) is 0.682. The van der Waals surface area contributed by atoms with Gasteiger partial charge in [0.05, 0.1) is 30.6 Å². The molecule has 0 amide bonds. The van der Waals surface area contributed by atoms with Gasteiger partial charge in [0, 0.05) is 31.9 Å². The summed E-state index contributed by atoms with van der Waals surface area (Å²) in [7, 11) is -3.71. The van der Waals surface area contributed by atoms with Gasteiger partial charge >= 0.3 is 0 Å². The van der Waals surface area contributed by atoms with E-state index in [1.165, 1.54) is 30.6 Å². The number of anilines is 3. The van der Waals surface area contributed by atoms with E-state index < -0.39 is 10.0 Å². The molecule has 0 unspecified atom stereocenters. The summed E-state index contributed by atoms with van der Waals surface area (Å²) in [5.74, 6) is 0.590. The zero-order valence-corrected chi connectivity index (χ0v) is 15.3. The summed E-state index contributed by atoms with van der Waals surface area (Å²) in [6, 6.07) is 10.3. The first-order valence-electron chi connectivity index (χ1n) is 8.50. The van der Waals surface area contributed by atoms with Crippen LogP contribution >= 0.6 is 0 Å². The summed E-state index contributed by atoms with van der Waals surface area (Å²) < 4.78 is 26.8. The van der Waals surface area contributed by atoms with Crippen molar-refractivity contribution in [3.8, 4) is 0 Å². The van der Waals surface area contributed by atoms with Crippen molar-refractivity contribution in [2.24, 2.45) is 0 Å². The molecule has 0 radical (unpaired) electrons. The topological polar surface area (TPSA) is 107 Å². The van der Waals surface area contributed by atoms with E-state index in [0.29, 0.717) is 11.6 Å². The molecule has 0 aliphatic carbocycles. The van der Waals surface area contributed by atoms with Gasteiger partial charge in [-0.3, -0.25) is 4.72 Å². The van der Waals surface area contributed by atoms with Crippen molar-refractivity contribution in [3.05, 3.63) is 55.2 Å². The van der Waals surface area contributed by atoms with Gasteiger partial charge in [-0.2, -0.15) is 8.42 Å². The molecule has 140 valence electrons. The zero-order valence-electron chi connectivity index (χ0n) is 14.5. The molecule has 1 fully saturated rings. The first kappa shape index (κ1) is 17.3. The van der Waals surface area contributed by atoms with Gasteiger partial charge < -0.3 is 14.8 Å². The van der Waals surface area contributed by atoms with Crippen molar-refractivity contribution in [3.63, 3.8) is 0 Å². The van der Waals surface area contributed by atoms with Crippen LogP contribution in [0, 0.1) is 0 Å². The van der Waals surface area contributed by atoms with Crippen LogP contribution in [0.1, 0.15) is 0 Å². The molecule has 10 heteroatoms. The molecule has 9 nitrogen and oxygen atoms in total. The van der Waals surface area contributed by atoms with Crippen molar-refractivity contribution in [1.82, 2.24) is 19.9 Å². The summed E-state index contributed by atoms with van der Waals surface area (Å²) in [4.78, 5) is 19.3. The summed E-state index contributed by atoms with van der Waals surface area (Å²) in [6.45, 7) is 3.35. The molecule has 0 saturated carbocycles. The molecule has 0 spiro atoms. The number of rotatable bonds is 5. The number of nitrogens with zero attached hydrogens (tertiary/aromatic N) is 5. The number of aromatic amines is 1. The smallest absolute Gasteiger partial charge is 0.279 e. The lowest BCUT2D eigenvalue weighted by Crippen LogP contribution is -2.47. The van der Waals surface area contributed by atoms with Gasteiger partial charge in [-0.1, -0.05) is 18.2 Å². The van der Waals surface area contributed by atoms with Crippen LogP contribution in [0.15, 0.2) is 60.3 Å². The van der Waals surface area contributed by atoms with Crippen molar-refractivity contribution >= 4 is 27.3 Å². The molecule has 2 aromatic heterocycles. The second-order valence-electron chi connectivity index (χ2n) is 6.10. The molecule has 1 aromatic carbocycles. The Kier molecular flexibility index (Phi) is 4.63. The van der Waals surface area contributed by atoms with Gasteiger partial charge in [0.2, 0.25) is 5.95 Å². The van der Waals surface area contributed by atoms with Crippen LogP contribution in [-0.2, 0) is 10.0 Å². The third-order valence-electron chi connectivity index (χ3n) is 4.34. The molecule has 0 bridgehead atoms. The second kappa shape index (κ2) is 7.23. The number of H-pyrrole nitrogens is 1. The van der Waals surface area contributed by atoms with Crippen LogP contribution in [0.3, 0.4) is 0 Å². The molecule has 2 N–H and O–H groups in total. The summed E-state index contributed by atoms with van der Waals surface area (Å²) in [5.41, 5.74) is 1.51. The predicted octanol–water partition coefficient (Wildman–Crippen LogP) is 1.33.